The van der Waals surface area contributed by atoms with Gasteiger partial charge in [-0.25, -0.2) is 99.9 Å². The molecule has 0 amide bonds. The van der Waals surface area contributed by atoms with Crippen molar-refractivity contribution in [1.29, 1.82) is 0 Å². The molecule has 0 saturated heterocycles. The van der Waals surface area contributed by atoms with Gasteiger partial charge in [0, 0.05) is 68.3 Å². The van der Waals surface area contributed by atoms with E-state index in [-0.39, 0.29) is 68.3 Å². The first-order chi connectivity index (χ1) is 40.9. The number of hydrogen-bond donors (Lipinski definition) is 0. The molecule has 0 N–H and O–H groups in total. The Hall–Kier alpha value is -9.12. The predicted octanol–water partition coefficient (Wildman–Crippen LogP) is 24.2. The quantitative estimate of drug-likeness (QED) is 0.0865. The van der Waals surface area contributed by atoms with Gasteiger partial charge in [0.15, 0.2) is 0 Å². The van der Waals surface area contributed by atoms with E-state index in [2.05, 4.69) is 163 Å². The second-order valence-electron chi connectivity index (χ2n) is 19.8. The van der Waals surface area contributed by atoms with Crippen LogP contribution in [0.2, 0.25) is 0 Å². The maximum Gasteiger partial charge on any atom is 0 e. The molecule has 4 nitrogen and oxygen atoms in total. The monoisotopic (exact) mass is 1330 g/mol. The van der Waals surface area contributed by atoms with Crippen molar-refractivity contribution >= 4 is 45.5 Å². The van der Waals surface area contributed by atoms with Gasteiger partial charge in [-0.3, -0.25) is 45.5 Å². The fraction of sp³-hybridized carbons (Fsp3) is 0. The molecule has 0 fully saturated rings. The third kappa shape index (κ3) is 19.4. The molecule has 0 aliphatic rings. The summed E-state index contributed by atoms with van der Waals surface area (Å²) in [6, 6.07) is 97.2. The molecular weight excluding hydrogens is 1270 g/mol. The summed E-state index contributed by atoms with van der Waals surface area (Å²) in [5.41, 5.74) is 23.7. The summed E-state index contributed by atoms with van der Waals surface area (Å²) in [7, 11) is 0. The zero-order chi connectivity index (χ0) is 58.6. The van der Waals surface area contributed by atoms with E-state index in [0.717, 1.165) is 112 Å². The maximum atomic E-state index is 4.78. The summed E-state index contributed by atoms with van der Waals surface area (Å²) in [5.74, 6) is 0. The van der Waals surface area contributed by atoms with Crippen molar-refractivity contribution in [3.8, 4) is 44.5 Å². The Morgan fingerprint density at radius 1 is 0.148 bits per heavy atom. The molecule has 0 spiro atoms. The van der Waals surface area contributed by atoms with Crippen LogP contribution in [0.15, 0.2) is 291 Å². The van der Waals surface area contributed by atoms with Crippen molar-refractivity contribution in [2.75, 3.05) is 0 Å². The normalized spacial score (nSPS) is 9.82. The minimum Gasteiger partial charge on any atom is -0.774 e. The molecular formula is C80H64Cu4N4-12. The molecule has 0 aliphatic carbocycles. The Labute approximate surface area is 566 Å². The Bertz CT molecular complexity index is 3540. The summed E-state index contributed by atoms with van der Waals surface area (Å²) in [5, 5.41) is 18.6. The molecule has 8 heteroatoms. The Morgan fingerprint density at radius 3 is 0.477 bits per heavy atom. The molecule has 0 unspecified atom stereocenters. The van der Waals surface area contributed by atoms with Gasteiger partial charge < -0.3 is 21.3 Å². The van der Waals surface area contributed by atoms with Crippen molar-refractivity contribution in [3.63, 3.8) is 0 Å². The second kappa shape index (κ2) is 34.9. The van der Waals surface area contributed by atoms with Crippen LogP contribution in [-0.4, -0.2) is 0 Å². The van der Waals surface area contributed by atoms with Crippen LogP contribution in [0.25, 0.3) is 65.8 Å². The molecule has 12 rings (SSSR count). The zero-order valence-electron chi connectivity index (χ0n) is 48.4. The summed E-state index contributed by atoms with van der Waals surface area (Å²) in [6.07, 6.45) is 0. The average Bonchev–Trinajstić information content (AvgIpc) is 2.60. The fourth-order valence-corrected chi connectivity index (χ4v) is 9.02. The molecule has 12 aromatic rings. The van der Waals surface area contributed by atoms with Crippen LogP contribution in [-0.2, 0) is 68.3 Å². The van der Waals surface area contributed by atoms with E-state index in [4.69, 9.17) is 10.6 Å². The Morgan fingerprint density at radius 2 is 0.307 bits per heavy atom. The standard InChI is InChI=1S/2C26H20N.2C14H12N.4Cu/c2*1-19-17-23(21-9-5-3-6-10-21)13-15-25(19)27-26-16-14-24(18-20(26)2)22-11-7-4-8-12-22;2*1-11-7-3-5-9-13(11)15-14-10-6-4-8-12(14)2;;;;/h2*3-18H,1-2H2;2*3-10H,1-2H2;;;;/q4*-3;;;;. The SMILES string of the molecule is [CH2-]c1cc(-c2ccccc2)ccc1[N-]c1ccc(-c2ccccc2)cc1[CH2-].[CH2-]c1cc(-c2ccccc2)ccc1[N-]c1ccc(-c2ccccc2)cc1[CH2-].[CH2-]c1ccccc1[N-]c1ccccc1[CH2-].[CH2-]c1ccccc1[N-]c1ccccc1[CH2-].[Cu].[Cu].[Cu].[Cu]. The van der Waals surface area contributed by atoms with E-state index in [9.17, 15) is 0 Å². The third-order valence-electron chi connectivity index (χ3n) is 13.7. The van der Waals surface area contributed by atoms with E-state index in [1.807, 2.05) is 194 Å². The number of benzene rings is 12. The molecule has 460 valence electrons. The first-order valence-corrected chi connectivity index (χ1v) is 27.5. The number of para-hydroxylation sites is 4. The number of nitrogens with zero attached hydrogens (tertiary/aromatic N) is 4. The largest absolute Gasteiger partial charge is 0.774 e. The first-order valence-electron chi connectivity index (χ1n) is 27.5. The van der Waals surface area contributed by atoms with E-state index in [0.29, 0.717) is 0 Å². The van der Waals surface area contributed by atoms with Crippen molar-refractivity contribution in [3.05, 3.63) is 412 Å². The number of rotatable bonds is 12. The van der Waals surface area contributed by atoms with Gasteiger partial charge in [-0.15, -0.1) is 72.8 Å². The molecule has 12 aromatic carbocycles. The predicted molar refractivity (Wildman–Crippen MR) is 360 cm³/mol. The van der Waals surface area contributed by atoms with Crippen molar-refractivity contribution in [2.24, 2.45) is 0 Å². The van der Waals surface area contributed by atoms with E-state index in [1.165, 1.54) is 22.3 Å². The topological polar surface area (TPSA) is 56.4 Å². The van der Waals surface area contributed by atoms with Crippen molar-refractivity contribution in [2.45, 2.75) is 0 Å². The Balaban J connectivity index is 0.000000218. The molecule has 0 saturated carbocycles. The van der Waals surface area contributed by atoms with Gasteiger partial charge in [0.1, 0.15) is 0 Å². The molecule has 0 aliphatic heterocycles. The molecule has 88 heavy (non-hydrogen) atoms. The van der Waals surface area contributed by atoms with Crippen LogP contribution >= 0.6 is 0 Å². The molecule has 0 bridgehead atoms. The summed E-state index contributed by atoms with van der Waals surface area (Å²) < 4.78 is 0. The van der Waals surface area contributed by atoms with Crippen LogP contribution in [0.1, 0.15) is 44.5 Å². The van der Waals surface area contributed by atoms with Gasteiger partial charge in [0.2, 0.25) is 0 Å². The Kier molecular flexibility index (Phi) is 27.6. The van der Waals surface area contributed by atoms with E-state index >= 15 is 0 Å². The van der Waals surface area contributed by atoms with Gasteiger partial charge in [0.25, 0.3) is 0 Å². The van der Waals surface area contributed by atoms with Crippen LogP contribution in [0.5, 0.6) is 0 Å². The number of hydrogen-bond acceptors (Lipinski definition) is 0. The average molecular weight is 1340 g/mol. The summed E-state index contributed by atoms with van der Waals surface area (Å²) in [4.78, 5) is 0. The van der Waals surface area contributed by atoms with Gasteiger partial charge in [-0.2, -0.15) is 48.5 Å². The molecule has 0 heterocycles. The molecule has 0 aromatic heterocycles. The second-order valence-corrected chi connectivity index (χ2v) is 19.8. The van der Waals surface area contributed by atoms with Gasteiger partial charge >= 0.3 is 0 Å². The minimum atomic E-state index is 0. The maximum absolute atomic E-state index is 4.78. The van der Waals surface area contributed by atoms with Crippen LogP contribution in [0.4, 0.5) is 45.5 Å². The molecule has 4 radical (unpaired) electrons. The van der Waals surface area contributed by atoms with Gasteiger partial charge in [0.05, 0.1) is 0 Å². The van der Waals surface area contributed by atoms with Gasteiger partial charge in [-0.05, 0) is 22.3 Å². The minimum absolute atomic E-state index is 0. The third-order valence-corrected chi connectivity index (χ3v) is 13.7. The summed E-state index contributed by atoms with van der Waals surface area (Å²) in [6.45, 7) is 32.5. The van der Waals surface area contributed by atoms with Crippen LogP contribution in [0.3, 0.4) is 0 Å². The van der Waals surface area contributed by atoms with Crippen LogP contribution in [0, 0.1) is 55.4 Å². The van der Waals surface area contributed by atoms with Crippen molar-refractivity contribution in [1.82, 2.24) is 0 Å². The van der Waals surface area contributed by atoms with Crippen molar-refractivity contribution < 1.29 is 68.3 Å². The van der Waals surface area contributed by atoms with E-state index in [1.54, 1.807) is 0 Å². The molecule has 0 atom stereocenters. The van der Waals surface area contributed by atoms with E-state index < -0.39 is 0 Å². The summed E-state index contributed by atoms with van der Waals surface area (Å²) >= 11 is 0. The fourth-order valence-electron chi connectivity index (χ4n) is 9.02. The zero-order valence-corrected chi connectivity index (χ0v) is 52.1. The van der Waals surface area contributed by atoms with Crippen LogP contribution < -0.4 is 0 Å². The van der Waals surface area contributed by atoms with Gasteiger partial charge in [-0.1, -0.05) is 192 Å². The first kappa shape index (κ1) is 69.6. The smallest absolute Gasteiger partial charge is 0 e.